The van der Waals surface area contributed by atoms with Gasteiger partial charge in [-0.1, -0.05) is 30.3 Å². The highest BCUT2D eigenvalue weighted by molar-refractivity contribution is 6.17. The second kappa shape index (κ2) is 5.87. The van der Waals surface area contributed by atoms with Crippen molar-refractivity contribution in [1.82, 2.24) is 4.98 Å². The molecular weight excluding hydrogens is 244 g/mol. The summed E-state index contributed by atoms with van der Waals surface area (Å²) in [5.74, 6) is 1.49. The van der Waals surface area contributed by atoms with E-state index in [2.05, 4.69) is 54.2 Å². The molecule has 0 atom stereocenters. The van der Waals surface area contributed by atoms with E-state index in [1.165, 1.54) is 11.1 Å². The van der Waals surface area contributed by atoms with Crippen molar-refractivity contribution in [2.45, 2.75) is 19.3 Å². The van der Waals surface area contributed by atoms with Crippen LogP contribution in [0.4, 0.5) is 5.82 Å². The first kappa shape index (κ1) is 12.9. The third kappa shape index (κ3) is 3.02. The second-order valence-corrected chi connectivity index (χ2v) is 4.71. The Labute approximate surface area is 113 Å². The monoisotopic (exact) mass is 260 g/mol. The van der Waals surface area contributed by atoms with E-state index in [9.17, 15) is 0 Å². The summed E-state index contributed by atoms with van der Waals surface area (Å²) in [7, 11) is 2.05. The molecule has 18 heavy (non-hydrogen) atoms. The number of aromatic nitrogens is 1. The number of alkyl halides is 1. The van der Waals surface area contributed by atoms with E-state index in [1.54, 1.807) is 0 Å². The standard InChI is InChI=1S/C15H17ClN2/c1-12-8-15(17-10-14(12)9-16)18(2)11-13-6-4-3-5-7-13/h3-8,10H,9,11H2,1-2H3. The summed E-state index contributed by atoms with van der Waals surface area (Å²) in [5, 5.41) is 0. The van der Waals surface area contributed by atoms with E-state index >= 15 is 0 Å². The molecule has 2 aromatic rings. The van der Waals surface area contributed by atoms with Gasteiger partial charge in [-0.2, -0.15) is 0 Å². The quantitative estimate of drug-likeness (QED) is 0.778. The summed E-state index contributed by atoms with van der Waals surface area (Å²) in [5.41, 5.74) is 3.56. The molecule has 0 fully saturated rings. The van der Waals surface area contributed by atoms with Gasteiger partial charge in [-0.25, -0.2) is 4.98 Å². The Kier molecular flexibility index (Phi) is 4.21. The maximum Gasteiger partial charge on any atom is 0.128 e. The van der Waals surface area contributed by atoms with E-state index in [1.807, 2.05) is 12.3 Å². The number of rotatable bonds is 4. The van der Waals surface area contributed by atoms with Gasteiger partial charge < -0.3 is 4.90 Å². The van der Waals surface area contributed by atoms with Gasteiger partial charge in [0.05, 0.1) is 0 Å². The predicted molar refractivity (Wildman–Crippen MR) is 77.1 cm³/mol. The van der Waals surface area contributed by atoms with Crippen LogP contribution in [-0.2, 0) is 12.4 Å². The average Bonchev–Trinajstić information content (AvgIpc) is 2.39. The summed E-state index contributed by atoms with van der Waals surface area (Å²) in [4.78, 5) is 6.59. The lowest BCUT2D eigenvalue weighted by Gasteiger charge is -2.19. The summed E-state index contributed by atoms with van der Waals surface area (Å²) < 4.78 is 0. The van der Waals surface area contributed by atoms with Crippen molar-refractivity contribution in [3.8, 4) is 0 Å². The lowest BCUT2D eigenvalue weighted by Crippen LogP contribution is -2.17. The fraction of sp³-hybridized carbons (Fsp3) is 0.267. The lowest BCUT2D eigenvalue weighted by molar-refractivity contribution is 0.894. The van der Waals surface area contributed by atoms with Gasteiger partial charge in [0.2, 0.25) is 0 Å². The van der Waals surface area contributed by atoms with E-state index in [0.717, 1.165) is 17.9 Å². The summed E-state index contributed by atoms with van der Waals surface area (Å²) in [6.45, 7) is 2.92. The molecule has 2 nitrogen and oxygen atoms in total. The number of aryl methyl sites for hydroxylation is 1. The Morgan fingerprint density at radius 2 is 1.94 bits per heavy atom. The number of pyridine rings is 1. The molecule has 3 heteroatoms. The van der Waals surface area contributed by atoms with E-state index < -0.39 is 0 Å². The molecule has 0 N–H and O–H groups in total. The zero-order valence-electron chi connectivity index (χ0n) is 10.7. The molecule has 2 rings (SSSR count). The minimum Gasteiger partial charge on any atom is -0.355 e. The number of hydrogen-bond donors (Lipinski definition) is 0. The second-order valence-electron chi connectivity index (χ2n) is 4.44. The molecule has 0 saturated carbocycles. The molecule has 94 valence electrons. The summed E-state index contributed by atoms with van der Waals surface area (Å²) in [6.07, 6.45) is 1.86. The summed E-state index contributed by atoms with van der Waals surface area (Å²) in [6, 6.07) is 12.5. The zero-order chi connectivity index (χ0) is 13.0. The van der Waals surface area contributed by atoms with E-state index in [-0.39, 0.29) is 0 Å². The minimum atomic E-state index is 0.515. The van der Waals surface area contributed by atoms with Crippen molar-refractivity contribution in [2.24, 2.45) is 0 Å². The van der Waals surface area contributed by atoms with Gasteiger partial charge in [0.1, 0.15) is 5.82 Å². The molecule has 0 saturated heterocycles. The topological polar surface area (TPSA) is 16.1 Å². The van der Waals surface area contributed by atoms with Crippen LogP contribution in [0, 0.1) is 6.92 Å². The molecule has 1 aromatic carbocycles. The van der Waals surface area contributed by atoms with E-state index in [4.69, 9.17) is 11.6 Å². The van der Waals surface area contributed by atoms with Crippen LogP contribution in [-0.4, -0.2) is 12.0 Å². The van der Waals surface area contributed by atoms with Gasteiger partial charge in [-0.3, -0.25) is 0 Å². The van der Waals surface area contributed by atoms with Crippen molar-refractivity contribution in [3.63, 3.8) is 0 Å². The van der Waals surface area contributed by atoms with Crippen molar-refractivity contribution < 1.29 is 0 Å². The maximum absolute atomic E-state index is 5.84. The van der Waals surface area contributed by atoms with Crippen molar-refractivity contribution >= 4 is 17.4 Å². The smallest absolute Gasteiger partial charge is 0.128 e. The van der Waals surface area contributed by atoms with Crippen molar-refractivity contribution in [1.29, 1.82) is 0 Å². The minimum absolute atomic E-state index is 0.515. The number of nitrogens with zero attached hydrogens (tertiary/aromatic N) is 2. The third-order valence-corrected chi connectivity index (χ3v) is 3.29. The fourth-order valence-corrected chi connectivity index (χ4v) is 2.14. The van der Waals surface area contributed by atoms with Gasteiger partial charge in [-0.05, 0) is 29.7 Å². The molecular formula is C15H17ClN2. The predicted octanol–water partition coefficient (Wildman–Crippen LogP) is 3.77. The molecule has 0 unspecified atom stereocenters. The van der Waals surface area contributed by atoms with Crippen LogP contribution < -0.4 is 4.90 Å². The highest BCUT2D eigenvalue weighted by atomic mass is 35.5. The first-order chi connectivity index (χ1) is 8.70. The van der Waals surface area contributed by atoms with Crippen LogP contribution in [0.15, 0.2) is 42.6 Å². The first-order valence-corrected chi connectivity index (χ1v) is 6.50. The molecule has 0 radical (unpaired) electrons. The molecule has 0 aliphatic heterocycles. The van der Waals surface area contributed by atoms with E-state index in [0.29, 0.717) is 5.88 Å². The normalized spacial score (nSPS) is 10.4. The molecule has 0 bridgehead atoms. The van der Waals surface area contributed by atoms with Crippen molar-refractivity contribution in [2.75, 3.05) is 11.9 Å². The van der Waals surface area contributed by atoms with Crippen LogP contribution in [0.25, 0.3) is 0 Å². The number of hydrogen-bond acceptors (Lipinski definition) is 2. The molecule has 1 aromatic heterocycles. The third-order valence-electron chi connectivity index (χ3n) is 3.00. The van der Waals surface area contributed by atoms with Gasteiger partial charge in [0.15, 0.2) is 0 Å². The molecule has 0 amide bonds. The Bertz CT molecular complexity index is 511. The number of anilines is 1. The molecule has 1 heterocycles. The number of halogens is 1. The summed E-state index contributed by atoms with van der Waals surface area (Å²) >= 11 is 5.84. The Hall–Kier alpha value is -1.54. The highest BCUT2D eigenvalue weighted by Gasteiger charge is 2.05. The van der Waals surface area contributed by atoms with Crippen LogP contribution >= 0.6 is 11.6 Å². The van der Waals surface area contributed by atoms with Gasteiger partial charge in [0, 0.05) is 25.7 Å². The molecule has 0 aliphatic carbocycles. The Morgan fingerprint density at radius 1 is 1.22 bits per heavy atom. The Balaban J connectivity index is 2.14. The fourth-order valence-electron chi connectivity index (χ4n) is 1.86. The van der Waals surface area contributed by atoms with Gasteiger partial charge in [-0.15, -0.1) is 11.6 Å². The van der Waals surface area contributed by atoms with Crippen LogP contribution in [0.3, 0.4) is 0 Å². The first-order valence-electron chi connectivity index (χ1n) is 5.97. The zero-order valence-corrected chi connectivity index (χ0v) is 11.5. The maximum atomic E-state index is 5.84. The average molecular weight is 261 g/mol. The van der Waals surface area contributed by atoms with Crippen LogP contribution in [0.5, 0.6) is 0 Å². The SMILES string of the molecule is Cc1cc(N(C)Cc2ccccc2)ncc1CCl. The van der Waals surface area contributed by atoms with Crippen LogP contribution in [0.1, 0.15) is 16.7 Å². The van der Waals surface area contributed by atoms with Gasteiger partial charge >= 0.3 is 0 Å². The highest BCUT2D eigenvalue weighted by Crippen LogP contribution is 2.17. The van der Waals surface area contributed by atoms with Crippen LogP contribution in [0.2, 0.25) is 0 Å². The Morgan fingerprint density at radius 3 is 2.56 bits per heavy atom. The lowest BCUT2D eigenvalue weighted by atomic mass is 10.1. The van der Waals surface area contributed by atoms with Crippen molar-refractivity contribution in [3.05, 3.63) is 59.3 Å². The van der Waals surface area contributed by atoms with Gasteiger partial charge in [0.25, 0.3) is 0 Å². The molecule has 0 aliphatic rings. The number of benzene rings is 1. The molecule has 0 spiro atoms. The largest absolute Gasteiger partial charge is 0.355 e.